The predicted octanol–water partition coefficient (Wildman–Crippen LogP) is 4.46. The molecule has 0 saturated heterocycles. The Morgan fingerprint density at radius 2 is 1.43 bits per heavy atom. The van der Waals surface area contributed by atoms with Crippen molar-refractivity contribution in [3.63, 3.8) is 0 Å². The van der Waals surface area contributed by atoms with Crippen LogP contribution < -0.4 is 10.6 Å². The summed E-state index contributed by atoms with van der Waals surface area (Å²) in [5.74, 6) is -3.60. The van der Waals surface area contributed by atoms with Gasteiger partial charge in [-0.05, 0) is 34.6 Å². The number of carbonyl (C=O) groups is 3. The van der Waals surface area contributed by atoms with Crippen LogP contribution in [0.3, 0.4) is 0 Å². The SMILES string of the molecule is CC(C)(C)[C@@H](NC(=O)C(C)(NC(=O)OCC1c2ccccc2-c2ccccc21)C(F)(F)F)C(=O)O. The van der Waals surface area contributed by atoms with Gasteiger partial charge in [-0.25, -0.2) is 9.59 Å². The maximum absolute atomic E-state index is 13.9. The molecular formula is C25H27F3N2O5. The Labute approximate surface area is 200 Å². The van der Waals surface area contributed by atoms with E-state index in [2.05, 4.69) is 0 Å². The van der Waals surface area contributed by atoms with Crippen molar-refractivity contribution in [2.24, 2.45) is 5.41 Å². The fraction of sp³-hybridized carbons (Fsp3) is 0.400. The molecule has 0 radical (unpaired) electrons. The summed E-state index contributed by atoms with van der Waals surface area (Å²) in [5, 5.41) is 12.9. The number of fused-ring (bicyclic) bond motifs is 3. The smallest absolute Gasteiger partial charge is 0.420 e. The Kier molecular flexibility index (Phi) is 6.88. The van der Waals surface area contributed by atoms with Gasteiger partial charge in [0.2, 0.25) is 5.54 Å². The summed E-state index contributed by atoms with van der Waals surface area (Å²) >= 11 is 0. The van der Waals surface area contributed by atoms with Crippen molar-refractivity contribution >= 4 is 18.0 Å². The minimum absolute atomic E-state index is 0.255. The maximum Gasteiger partial charge on any atom is 0.420 e. The van der Waals surface area contributed by atoms with E-state index in [1.165, 1.54) is 20.8 Å². The van der Waals surface area contributed by atoms with Crippen LogP contribution in [0.4, 0.5) is 18.0 Å². The molecule has 0 bridgehead atoms. The Hall–Kier alpha value is -3.56. The van der Waals surface area contributed by atoms with Crippen LogP contribution >= 0.6 is 0 Å². The fourth-order valence-electron chi connectivity index (χ4n) is 4.02. The number of benzene rings is 2. The van der Waals surface area contributed by atoms with E-state index in [1.54, 1.807) is 5.32 Å². The number of carbonyl (C=O) groups excluding carboxylic acids is 2. The monoisotopic (exact) mass is 492 g/mol. The largest absolute Gasteiger partial charge is 0.480 e. The highest BCUT2D eigenvalue weighted by Crippen LogP contribution is 2.44. The number of alkyl halides is 3. The van der Waals surface area contributed by atoms with Gasteiger partial charge in [-0.1, -0.05) is 69.3 Å². The number of aliphatic carboxylic acids is 1. The van der Waals surface area contributed by atoms with E-state index in [0.717, 1.165) is 22.3 Å². The lowest BCUT2D eigenvalue weighted by atomic mass is 9.86. The van der Waals surface area contributed by atoms with Crippen LogP contribution in [0.1, 0.15) is 44.7 Å². The van der Waals surface area contributed by atoms with Crippen LogP contribution in [0.2, 0.25) is 0 Å². The minimum Gasteiger partial charge on any atom is -0.480 e. The molecule has 2 amide bonds. The molecule has 1 unspecified atom stereocenters. The van der Waals surface area contributed by atoms with Gasteiger partial charge in [0.15, 0.2) is 0 Å². The molecule has 2 aromatic rings. The second kappa shape index (κ2) is 9.24. The van der Waals surface area contributed by atoms with E-state index in [0.29, 0.717) is 6.92 Å². The van der Waals surface area contributed by atoms with E-state index >= 15 is 0 Å². The number of hydrogen-bond acceptors (Lipinski definition) is 4. The van der Waals surface area contributed by atoms with E-state index in [4.69, 9.17) is 4.74 Å². The summed E-state index contributed by atoms with van der Waals surface area (Å²) in [5.41, 5.74) is -0.886. The van der Waals surface area contributed by atoms with Crippen molar-refractivity contribution in [1.29, 1.82) is 0 Å². The van der Waals surface area contributed by atoms with Crippen molar-refractivity contribution < 1.29 is 37.4 Å². The number of amides is 2. The molecule has 3 rings (SSSR count). The average Bonchev–Trinajstić information content (AvgIpc) is 3.07. The molecule has 0 fully saturated rings. The third-order valence-electron chi connectivity index (χ3n) is 6.11. The Morgan fingerprint density at radius 1 is 0.943 bits per heavy atom. The highest BCUT2D eigenvalue weighted by molar-refractivity contribution is 5.93. The van der Waals surface area contributed by atoms with E-state index in [-0.39, 0.29) is 6.61 Å². The van der Waals surface area contributed by atoms with Crippen LogP contribution in [-0.4, -0.2) is 47.4 Å². The molecule has 0 saturated carbocycles. The number of ether oxygens (including phenoxy) is 1. The fourth-order valence-corrected chi connectivity index (χ4v) is 4.02. The summed E-state index contributed by atoms with van der Waals surface area (Å²) in [6.45, 7) is 4.57. The normalized spacial score (nSPS) is 15.9. The van der Waals surface area contributed by atoms with Gasteiger partial charge in [-0.3, -0.25) is 10.1 Å². The summed E-state index contributed by atoms with van der Waals surface area (Å²) in [4.78, 5) is 36.6. The van der Waals surface area contributed by atoms with E-state index < -0.39 is 47.1 Å². The molecule has 35 heavy (non-hydrogen) atoms. The number of carboxylic acid groups (broad SMARTS) is 1. The van der Waals surface area contributed by atoms with Gasteiger partial charge in [-0.15, -0.1) is 0 Å². The number of alkyl carbamates (subject to hydrolysis) is 1. The Morgan fingerprint density at radius 3 is 1.86 bits per heavy atom. The van der Waals surface area contributed by atoms with Crippen molar-refractivity contribution in [1.82, 2.24) is 10.6 Å². The summed E-state index contributed by atoms with van der Waals surface area (Å²) in [6.07, 6.45) is -6.69. The third-order valence-corrected chi connectivity index (χ3v) is 6.11. The molecule has 0 spiro atoms. The van der Waals surface area contributed by atoms with Gasteiger partial charge >= 0.3 is 18.2 Å². The average molecular weight is 492 g/mol. The number of carboxylic acids is 1. The van der Waals surface area contributed by atoms with Crippen molar-refractivity contribution in [3.05, 3.63) is 59.7 Å². The molecule has 2 atom stereocenters. The highest BCUT2D eigenvalue weighted by Gasteiger charge is 2.59. The summed E-state index contributed by atoms with van der Waals surface area (Å²) < 4.78 is 46.9. The molecule has 2 aromatic carbocycles. The molecule has 1 aliphatic carbocycles. The lowest BCUT2D eigenvalue weighted by molar-refractivity contribution is -0.195. The molecule has 1 aliphatic rings. The summed E-state index contributed by atoms with van der Waals surface area (Å²) in [7, 11) is 0. The van der Waals surface area contributed by atoms with Gasteiger partial charge in [0, 0.05) is 5.92 Å². The van der Waals surface area contributed by atoms with Crippen LogP contribution in [-0.2, 0) is 14.3 Å². The van der Waals surface area contributed by atoms with Crippen LogP contribution in [0.15, 0.2) is 48.5 Å². The topological polar surface area (TPSA) is 105 Å². The Balaban J connectivity index is 1.78. The zero-order chi connectivity index (χ0) is 26.2. The molecular weight excluding hydrogens is 465 g/mol. The van der Waals surface area contributed by atoms with Crippen molar-refractivity contribution in [3.8, 4) is 11.1 Å². The van der Waals surface area contributed by atoms with E-state index in [9.17, 15) is 32.7 Å². The first kappa shape index (κ1) is 26.1. The van der Waals surface area contributed by atoms with Gasteiger partial charge in [-0.2, -0.15) is 13.2 Å². The molecule has 3 N–H and O–H groups in total. The van der Waals surface area contributed by atoms with Crippen LogP contribution in [0.5, 0.6) is 0 Å². The van der Waals surface area contributed by atoms with Crippen molar-refractivity contribution in [2.75, 3.05) is 6.61 Å². The lowest BCUT2D eigenvalue weighted by Crippen LogP contribution is -2.67. The summed E-state index contributed by atoms with van der Waals surface area (Å²) in [6, 6.07) is 13.3. The lowest BCUT2D eigenvalue weighted by Gasteiger charge is -2.35. The first-order valence-electron chi connectivity index (χ1n) is 10.9. The third kappa shape index (κ3) is 5.11. The quantitative estimate of drug-likeness (QED) is 0.552. The zero-order valence-electron chi connectivity index (χ0n) is 19.7. The highest BCUT2D eigenvalue weighted by atomic mass is 19.4. The second-order valence-corrected chi connectivity index (χ2v) is 9.68. The molecule has 0 aliphatic heterocycles. The first-order valence-corrected chi connectivity index (χ1v) is 10.9. The number of hydrogen-bond donors (Lipinski definition) is 3. The number of nitrogens with one attached hydrogen (secondary N) is 2. The first-order chi connectivity index (χ1) is 16.2. The van der Waals surface area contributed by atoms with Gasteiger partial charge < -0.3 is 15.2 Å². The molecule has 0 aromatic heterocycles. The molecule has 7 nitrogen and oxygen atoms in total. The van der Waals surface area contributed by atoms with Gasteiger partial charge in [0.25, 0.3) is 5.91 Å². The standard InChI is InChI=1S/C25H27F3N2O5/c1-23(2,3)19(20(31)32)29-21(33)24(4,25(26,27)28)30-22(34)35-13-18-16-11-7-5-9-14(16)15-10-6-8-12-17(15)18/h5-12,18-19H,13H2,1-4H3,(H,29,33)(H,30,34)(H,31,32)/t19-,24?/m0/s1. The Bertz CT molecular complexity index is 1100. The van der Waals surface area contributed by atoms with Gasteiger partial charge in [0.1, 0.15) is 12.6 Å². The van der Waals surface area contributed by atoms with Crippen molar-refractivity contribution in [2.45, 2.75) is 51.4 Å². The number of halogens is 3. The van der Waals surface area contributed by atoms with Crippen LogP contribution in [0, 0.1) is 5.41 Å². The molecule has 188 valence electrons. The van der Waals surface area contributed by atoms with Crippen LogP contribution in [0.25, 0.3) is 11.1 Å². The second-order valence-electron chi connectivity index (χ2n) is 9.68. The molecule has 0 heterocycles. The minimum atomic E-state index is -5.23. The maximum atomic E-state index is 13.9. The zero-order valence-corrected chi connectivity index (χ0v) is 19.7. The van der Waals surface area contributed by atoms with Gasteiger partial charge in [0.05, 0.1) is 0 Å². The number of rotatable bonds is 6. The molecule has 10 heteroatoms. The van der Waals surface area contributed by atoms with E-state index in [1.807, 2.05) is 53.8 Å². The predicted molar refractivity (Wildman–Crippen MR) is 122 cm³/mol.